The lowest BCUT2D eigenvalue weighted by atomic mass is 9.58. The molecule has 0 saturated heterocycles. The zero-order valence-electron chi connectivity index (χ0n) is 80.5. The normalized spacial score (nSPS) is 20.3. The Morgan fingerprint density at radius 3 is 0.937 bits per heavy atom. The molecule has 1 saturated carbocycles. The fourth-order valence-electron chi connectivity index (χ4n) is 26.1. The summed E-state index contributed by atoms with van der Waals surface area (Å²) in [6.45, 7) is 28.0. The molecule has 13 aromatic carbocycles. The van der Waals surface area contributed by atoms with Gasteiger partial charge in [0.25, 0.3) is 0 Å². The maximum atomic E-state index is 2.45. The maximum Gasteiger partial charge on any atom is 0.00305 e. The highest BCUT2D eigenvalue weighted by Gasteiger charge is 2.42. The van der Waals surface area contributed by atoms with Gasteiger partial charge in [-0.15, -0.1) is 0 Å². The third-order valence-electron chi connectivity index (χ3n) is 31.0. The van der Waals surface area contributed by atoms with E-state index >= 15 is 0 Å². The minimum Gasteiger partial charge on any atom is -0.0764 e. The van der Waals surface area contributed by atoms with Gasteiger partial charge in [-0.2, -0.15) is 0 Å². The Balaban J connectivity index is 0.000000111. The van der Waals surface area contributed by atoms with Gasteiger partial charge >= 0.3 is 0 Å². The summed E-state index contributed by atoms with van der Waals surface area (Å²) in [5.41, 5.74) is 40.7. The molecule has 0 spiro atoms. The monoisotopic (exact) mass is 1670 g/mol. The van der Waals surface area contributed by atoms with Crippen molar-refractivity contribution in [1.82, 2.24) is 0 Å². The number of rotatable bonds is 0. The quantitative estimate of drug-likeness (QED) is 0.133. The summed E-state index contributed by atoms with van der Waals surface area (Å²) in [7, 11) is 0. The Kier molecular flexibility index (Phi) is 31.9. The molecule has 1 fully saturated rings. The van der Waals surface area contributed by atoms with Gasteiger partial charge < -0.3 is 0 Å². The number of hydrogen-bond acceptors (Lipinski definition) is 0. The molecule has 13 aromatic rings. The number of aryl methyl sites for hydroxylation is 17. The van der Waals surface area contributed by atoms with Crippen molar-refractivity contribution >= 4 is 59.9 Å². The molecule has 6 atom stereocenters. The highest BCUT2D eigenvalue weighted by atomic mass is 14.5. The first kappa shape index (κ1) is 91.6. The van der Waals surface area contributed by atoms with Gasteiger partial charge in [0.15, 0.2) is 0 Å². The van der Waals surface area contributed by atoms with Crippen LogP contribution in [-0.4, -0.2) is 0 Å². The van der Waals surface area contributed by atoms with E-state index in [9.17, 15) is 0 Å². The van der Waals surface area contributed by atoms with E-state index in [4.69, 9.17) is 0 Å². The second kappa shape index (κ2) is 43.8. The first-order chi connectivity index (χ1) is 62.5. The Bertz CT molecular complexity index is 5550. The van der Waals surface area contributed by atoms with Crippen LogP contribution in [0, 0.1) is 11.8 Å². The molecule has 0 bridgehead atoms. The van der Waals surface area contributed by atoms with E-state index < -0.39 is 0 Å². The van der Waals surface area contributed by atoms with Gasteiger partial charge in [0.05, 0.1) is 0 Å². The van der Waals surface area contributed by atoms with E-state index in [1.165, 1.54) is 279 Å². The molecule has 28 rings (SSSR count). The SMILES string of the molecule is C1=CC2CCCc3ccc4cccc1c4c32.CC.CC.CC.CC.CC.CC.CC.c1cc2c3c(c1)CCC1CCCC(CC2)C31.c1cc2c3c(c1)CCc1cccc(c1-3)CC2.c1cc2c3c(c1)ccc1cccc(c13)CC2.c1cc2c3c(ccc4c3c1CCC4)CCC2.c1cc2c3c4c(ccc3c1)CCCC4CC2.c1cc2c3c4c1CCCC4CCC3CCC2. The van der Waals surface area contributed by atoms with Crippen molar-refractivity contribution in [3.63, 3.8) is 0 Å². The summed E-state index contributed by atoms with van der Waals surface area (Å²) in [4.78, 5) is 0. The number of hydrogen-bond donors (Lipinski definition) is 0. The number of allylic oxidation sites excluding steroid dienone is 1. The van der Waals surface area contributed by atoms with Crippen molar-refractivity contribution in [3.05, 3.63) is 334 Å². The minimum atomic E-state index is 0.683. The van der Waals surface area contributed by atoms with Crippen molar-refractivity contribution < 1.29 is 0 Å². The van der Waals surface area contributed by atoms with Crippen LogP contribution >= 0.6 is 0 Å². The van der Waals surface area contributed by atoms with E-state index in [-0.39, 0.29) is 0 Å². The van der Waals surface area contributed by atoms with Gasteiger partial charge in [0, 0.05) is 5.92 Å². The Morgan fingerprint density at radius 1 is 0.183 bits per heavy atom. The molecule has 0 aliphatic heterocycles. The highest BCUT2D eigenvalue weighted by Crippen LogP contribution is 2.55. The largest absolute Gasteiger partial charge is 0.0764 e. The molecular weight excluding hydrogens is 1510 g/mol. The molecule has 0 N–H and O–H groups in total. The lowest BCUT2D eigenvalue weighted by Gasteiger charge is -2.46. The van der Waals surface area contributed by atoms with Crippen molar-refractivity contribution in [3.8, 4) is 11.1 Å². The van der Waals surface area contributed by atoms with Crippen molar-refractivity contribution in [1.29, 1.82) is 0 Å². The van der Waals surface area contributed by atoms with E-state index in [1.807, 2.05) is 114 Å². The van der Waals surface area contributed by atoms with Gasteiger partial charge in [-0.3, -0.25) is 0 Å². The van der Waals surface area contributed by atoms with Crippen LogP contribution < -0.4 is 0 Å². The van der Waals surface area contributed by atoms with Gasteiger partial charge in [-0.25, -0.2) is 0 Å². The molecule has 0 nitrogen and oxygen atoms in total. The average molecular weight is 1670 g/mol. The zero-order chi connectivity index (χ0) is 87.7. The Hall–Kier alpha value is -9.10. The molecule has 0 amide bonds. The molecule has 0 aromatic heterocycles. The Morgan fingerprint density at radius 2 is 0.484 bits per heavy atom. The summed E-state index contributed by atoms with van der Waals surface area (Å²) < 4.78 is 0. The molecule has 126 heavy (non-hydrogen) atoms. The van der Waals surface area contributed by atoms with Crippen LogP contribution in [0.4, 0.5) is 0 Å². The predicted molar refractivity (Wildman–Crippen MR) is 553 cm³/mol. The lowest BCUT2D eigenvalue weighted by molar-refractivity contribution is 0.176. The van der Waals surface area contributed by atoms with Crippen molar-refractivity contribution in [2.75, 3.05) is 0 Å². The van der Waals surface area contributed by atoms with Crippen LogP contribution in [0.5, 0.6) is 0 Å². The van der Waals surface area contributed by atoms with Gasteiger partial charge in [-0.1, -0.05) is 316 Å². The fraction of sp³-hybridized carbons (Fsp3) is 0.444. The summed E-state index contributed by atoms with van der Waals surface area (Å²) in [5.74, 6) is 6.45. The second-order valence-corrected chi connectivity index (χ2v) is 37.0. The van der Waals surface area contributed by atoms with Gasteiger partial charge in [0.1, 0.15) is 0 Å². The molecule has 6 unspecified atom stereocenters. The van der Waals surface area contributed by atoms with Crippen LogP contribution in [0.2, 0.25) is 0 Å². The molecule has 658 valence electrons. The third kappa shape index (κ3) is 18.4. The van der Waals surface area contributed by atoms with E-state index in [1.54, 1.807) is 122 Å². The van der Waals surface area contributed by atoms with Gasteiger partial charge in [0.2, 0.25) is 0 Å². The third-order valence-corrected chi connectivity index (χ3v) is 31.0. The average Bonchev–Trinajstić information content (AvgIpc) is 0.792. The first-order valence-corrected chi connectivity index (χ1v) is 52.2. The lowest BCUT2D eigenvalue weighted by Crippen LogP contribution is -2.34. The summed E-state index contributed by atoms with van der Waals surface area (Å²) in [5, 5.41) is 15.0. The summed E-state index contributed by atoms with van der Waals surface area (Å²) >= 11 is 0. The molecule has 0 radical (unpaired) electrons. The van der Waals surface area contributed by atoms with E-state index in [0.29, 0.717) is 5.92 Å². The summed E-state index contributed by atoms with van der Waals surface area (Å²) in [6.07, 6.45) is 52.2. The smallest absolute Gasteiger partial charge is 0.00305 e. The van der Waals surface area contributed by atoms with Crippen LogP contribution in [0.15, 0.2) is 206 Å². The maximum absolute atomic E-state index is 2.45. The standard InChI is InChI=1S/2C16H20.2C16H16.2C16H14.C16H12.7C2H6/c7*1-3-11-7-9-13-5-2-6-14-10-8-12(4-1)15(11)16(13)14;7*1-2/h7,9,12,14H,1-6,8,10H2;1,3-4,13-14,16H,2,5-10H2;7-10H,1-6H2;1,3-4,7,9,14H,2,5-6,8,10H2;1,3-4,7-10,13H,2,5-6H2;1-6H,7-10H2;1-7,9H,8,10H2;7*1-2H3. The molecule has 15 aliphatic rings. The minimum absolute atomic E-state index is 0.683. The molecular formula is C126H154. The van der Waals surface area contributed by atoms with E-state index in [2.05, 4.69) is 212 Å². The molecule has 15 aliphatic carbocycles. The zero-order valence-corrected chi connectivity index (χ0v) is 80.5. The predicted octanol–water partition coefficient (Wildman–Crippen LogP) is 35.5. The first-order valence-electron chi connectivity index (χ1n) is 52.2. The molecule has 0 heterocycles. The van der Waals surface area contributed by atoms with E-state index in [0.717, 1.165) is 35.5 Å². The van der Waals surface area contributed by atoms with Crippen LogP contribution in [-0.2, 0) is 109 Å². The van der Waals surface area contributed by atoms with Crippen LogP contribution in [0.1, 0.15) is 370 Å². The summed E-state index contributed by atoms with van der Waals surface area (Å²) in [6, 6.07) is 75.9. The van der Waals surface area contributed by atoms with Crippen molar-refractivity contribution in [2.24, 2.45) is 11.8 Å². The van der Waals surface area contributed by atoms with Crippen LogP contribution in [0.3, 0.4) is 0 Å². The molecule has 0 heteroatoms. The highest BCUT2D eigenvalue weighted by molar-refractivity contribution is 6.11. The van der Waals surface area contributed by atoms with Crippen molar-refractivity contribution in [2.45, 2.75) is 351 Å². The number of benzene rings is 13. The van der Waals surface area contributed by atoms with Crippen LogP contribution in [0.25, 0.3) is 71.1 Å². The second-order valence-electron chi connectivity index (χ2n) is 37.0. The fourth-order valence-corrected chi connectivity index (χ4v) is 26.1. The topological polar surface area (TPSA) is 0 Å². The Labute approximate surface area is 763 Å². The van der Waals surface area contributed by atoms with Gasteiger partial charge in [-0.05, 0) is 447 Å².